The van der Waals surface area contributed by atoms with E-state index in [1.165, 1.54) is 23.5 Å². The van der Waals surface area contributed by atoms with Crippen LogP contribution in [0.5, 0.6) is 0 Å². The zero-order valence-corrected chi connectivity index (χ0v) is 18.1. The first-order valence-corrected chi connectivity index (χ1v) is 11.6. The van der Waals surface area contributed by atoms with Gasteiger partial charge in [0.1, 0.15) is 6.04 Å². The molecule has 0 aliphatic carbocycles. The van der Waals surface area contributed by atoms with Crippen molar-refractivity contribution in [3.8, 4) is 0 Å². The molecule has 1 unspecified atom stereocenters. The van der Waals surface area contributed by atoms with Crippen LogP contribution in [0.4, 0.5) is 5.69 Å². The molecule has 0 aromatic heterocycles. The molecule has 1 amide bonds. The first kappa shape index (κ1) is 21.3. The molecular weight excluding hydrogens is 386 g/mol. The highest BCUT2D eigenvalue weighted by atomic mass is 32.2. The highest BCUT2D eigenvalue weighted by Crippen LogP contribution is 2.22. The Morgan fingerprint density at radius 2 is 1.86 bits per heavy atom. The molecule has 0 bridgehead atoms. The summed E-state index contributed by atoms with van der Waals surface area (Å²) in [5, 5.41) is 2.99. The molecule has 0 saturated carbocycles. The van der Waals surface area contributed by atoms with Crippen LogP contribution in [0.3, 0.4) is 0 Å². The lowest BCUT2D eigenvalue weighted by atomic mass is 10.1. The van der Waals surface area contributed by atoms with Gasteiger partial charge in [-0.2, -0.15) is 0 Å². The lowest BCUT2D eigenvalue weighted by Crippen LogP contribution is -3.14. The Hall–Kier alpha value is -2.38. The number of aryl methyl sites for hydroxylation is 1. The number of nitrogens with one attached hydrogen (secondary N) is 3. The van der Waals surface area contributed by atoms with E-state index in [4.69, 9.17) is 0 Å². The van der Waals surface area contributed by atoms with Gasteiger partial charge in [0.15, 0.2) is 0 Å². The number of amides is 1. The minimum atomic E-state index is -3.72. The van der Waals surface area contributed by atoms with Gasteiger partial charge in [-0.15, -0.1) is 0 Å². The molecule has 7 heteroatoms. The van der Waals surface area contributed by atoms with E-state index in [2.05, 4.69) is 17.0 Å². The second kappa shape index (κ2) is 8.97. The maximum atomic E-state index is 12.7. The van der Waals surface area contributed by atoms with Gasteiger partial charge in [-0.3, -0.25) is 9.52 Å². The van der Waals surface area contributed by atoms with E-state index >= 15 is 0 Å². The summed E-state index contributed by atoms with van der Waals surface area (Å²) in [5.41, 5.74) is 2.93. The zero-order chi connectivity index (χ0) is 21.0. The fourth-order valence-corrected chi connectivity index (χ4v) is 4.99. The molecule has 1 aliphatic rings. The summed E-state index contributed by atoms with van der Waals surface area (Å²) in [6.07, 6.45) is 2.33. The van der Waals surface area contributed by atoms with E-state index in [1.807, 2.05) is 26.0 Å². The van der Waals surface area contributed by atoms with Crippen LogP contribution in [0.1, 0.15) is 41.3 Å². The van der Waals surface area contributed by atoms with Crippen LogP contribution in [-0.4, -0.2) is 40.0 Å². The third-order valence-electron chi connectivity index (χ3n) is 5.87. The molecule has 3 N–H and O–H groups in total. The predicted octanol–water partition coefficient (Wildman–Crippen LogP) is 1.90. The van der Waals surface area contributed by atoms with Crippen molar-refractivity contribution in [3.63, 3.8) is 0 Å². The average molecular weight is 417 g/mol. The van der Waals surface area contributed by atoms with Crippen LogP contribution in [0.25, 0.3) is 0 Å². The van der Waals surface area contributed by atoms with Gasteiger partial charge in [0.05, 0.1) is 30.2 Å². The summed E-state index contributed by atoms with van der Waals surface area (Å²) in [7, 11) is -3.72. The van der Waals surface area contributed by atoms with Crippen molar-refractivity contribution in [2.24, 2.45) is 0 Å². The van der Waals surface area contributed by atoms with Crippen LogP contribution in [0, 0.1) is 13.8 Å². The lowest BCUT2D eigenvalue weighted by molar-refractivity contribution is -0.909. The second-order valence-corrected chi connectivity index (χ2v) is 9.37. The van der Waals surface area contributed by atoms with Crippen molar-refractivity contribution >= 4 is 21.6 Å². The summed E-state index contributed by atoms with van der Waals surface area (Å²) in [6, 6.07) is 12.0. The number of likely N-dealkylation sites (tertiary alicyclic amines) is 1. The lowest BCUT2D eigenvalue weighted by Gasteiger charge is -2.20. The Labute approximate surface area is 173 Å². The molecule has 1 saturated heterocycles. The number of likely N-dealkylation sites (N-methyl/N-ethyl adjacent to an activating group) is 1. The summed E-state index contributed by atoms with van der Waals surface area (Å²) in [6.45, 7) is 8.87. The number of rotatable bonds is 7. The molecule has 6 nitrogen and oxygen atoms in total. The van der Waals surface area contributed by atoms with Gasteiger partial charge >= 0.3 is 0 Å². The van der Waals surface area contributed by atoms with Crippen molar-refractivity contribution < 1.29 is 18.1 Å². The molecule has 1 fully saturated rings. The Balaban J connectivity index is 1.65. The first-order valence-electron chi connectivity index (χ1n) is 10.1. The highest BCUT2D eigenvalue weighted by Gasteiger charge is 2.27. The number of carbonyl (C=O) groups excluding carboxylic acids is 1. The van der Waals surface area contributed by atoms with Gasteiger partial charge in [-0.05, 0) is 62.2 Å². The minimum absolute atomic E-state index is 0.132. The van der Waals surface area contributed by atoms with Crippen LogP contribution < -0.4 is 14.9 Å². The van der Waals surface area contributed by atoms with Crippen molar-refractivity contribution in [3.05, 3.63) is 59.2 Å². The first-order chi connectivity index (χ1) is 13.8. The Kier molecular flexibility index (Phi) is 6.59. The predicted molar refractivity (Wildman–Crippen MR) is 115 cm³/mol. The zero-order valence-electron chi connectivity index (χ0n) is 17.3. The third-order valence-corrected chi connectivity index (χ3v) is 7.25. The molecule has 156 valence electrons. The van der Waals surface area contributed by atoms with Gasteiger partial charge in [0.25, 0.3) is 15.9 Å². The second-order valence-electron chi connectivity index (χ2n) is 7.69. The Morgan fingerprint density at radius 1 is 1.14 bits per heavy atom. The molecule has 2 aromatic carbocycles. The molecule has 1 heterocycles. The summed E-state index contributed by atoms with van der Waals surface area (Å²) < 4.78 is 28.0. The number of quaternary nitrogens is 1. The molecular formula is C22H30N3O3S+. The smallest absolute Gasteiger partial charge is 0.261 e. The fourth-order valence-electron chi connectivity index (χ4n) is 3.86. The maximum absolute atomic E-state index is 12.7. The molecule has 0 radical (unpaired) electrons. The average Bonchev–Trinajstić information content (AvgIpc) is 3.17. The number of sulfonamides is 1. The summed E-state index contributed by atoms with van der Waals surface area (Å²) in [5.74, 6) is -0.168. The van der Waals surface area contributed by atoms with E-state index in [1.54, 1.807) is 18.2 Å². The van der Waals surface area contributed by atoms with E-state index in [0.717, 1.165) is 30.6 Å². The molecule has 1 aliphatic heterocycles. The summed E-state index contributed by atoms with van der Waals surface area (Å²) >= 11 is 0. The van der Waals surface area contributed by atoms with E-state index in [0.29, 0.717) is 23.8 Å². The van der Waals surface area contributed by atoms with Crippen LogP contribution >= 0.6 is 0 Å². The van der Waals surface area contributed by atoms with Gasteiger partial charge in [-0.1, -0.05) is 12.1 Å². The largest absolute Gasteiger partial charge is 0.346 e. The highest BCUT2D eigenvalue weighted by molar-refractivity contribution is 7.92. The van der Waals surface area contributed by atoms with Crippen molar-refractivity contribution in [2.75, 3.05) is 24.4 Å². The van der Waals surface area contributed by atoms with Gasteiger partial charge in [0, 0.05) is 18.4 Å². The number of benzene rings is 2. The van der Waals surface area contributed by atoms with Gasteiger partial charge < -0.3 is 10.2 Å². The Bertz CT molecular complexity index is 971. The topological polar surface area (TPSA) is 79.7 Å². The number of hydrogen-bond acceptors (Lipinski definition) is 3. The summed E-state index contributed by atoms with van der Waals surface area (Å²) in [4.78, 5) is 14.1. The Morgan fingerprint density at radius 3 is 2.55 bits per heavy atom. The minimum Gasteiger partial charge on any atom is -0.346 e. The van der Waals surface area contributed by atoms with E-state index in [-0.39, 0.29) is 10.8 Å². The molecule has 3 rings (SSSR count). The van der Waals surface area contributed by atoms with Gasteiger partial charge in [-0.25, -0.2) is 8.42 Å². The standard InChI is InChI=1S/C22H29N3O3S/c1-4-25-14-6-8-19(25)15-23-22(26)18-10-12-20(13-11-18)29(27,28)24-21-9-5-7-16(2)17(21)3/h5,7,9-13,19,24H,4,6,8,14-15H2,1-3H3,(H,23,26)/p+1/t19-/m0/s1. The van der Waals surface area contributed by atoms with Crippen LogP contribution in [0.15, 0.2) is 47.4 Å². The SMILES string of the molecule is CC[NH+]1CCC[C@H]1CNC(=O)c1ccc(S(=O)(=O)Nc2cccc(C)c2C)cc1. The molecule has 2 atom stereocenters. The fraction of sp³-hybridized carbons (Fsp3) is 0.409. The quantitative estimate of drug-likeness (QED) is 0.645. The van der Waals surface area contributed by atoms with Crippen molar-refractivity contribution in [2.45, 2.75) is 44.6 Å². The number of anilines is 1. The van der Waals surface area contributed by atoms with Crippen LogP contribution in [-0.2, 0) is 10.0 Å². The molecule has 29 heavy (non-hydrogen) atoms. The normalized spacial score (nSPS) is 19.1. The third kappa shape index (κ3) is 4.97. The van der Waals surface area contributed by atoms with Crippen molar-refractivity contribution in [1.82, 2.24) is 5.32 Å². The van der Waals surface area contributed by atoms with Gasteiger partial charge in [0.2, 0.25) is 0 Å². The monoisotopic (exact) mass is 416 g/mol. The molecule has 2 aromatic rings. The maximum Gasteiger partial charge on any atom is 0.261 e. The number of carbonyl (C=O) groups is 1. The van der Waals surface area contributed by atoms with E-state index < -0.39 is 10.0 Å². The number of hydrogen-bond donors (Lipinski definition) is 3. The van der Waals surface area contributed by atoms with Crippen LogP contribution in [0.2, 0.25) is 0 Å². The molecule has 0 spiro atoms. The van der Waals surface area contributed by atoms with Crippen molar-refractivity contribution in [1.29, 1.82) is 0 Å². The van der Waals surface area contributed by atoms with E-state index in [9.17, 15) is 13.2 Å².